The van der Waals surface area contributed by atoms with E-state index in [-0.39, 0.29) is 34.6 Å². The monoisotopic (exact) mass is 502 g/mol. The predicted molar refractivity (Wildman–Crippen MR) is 138 cm³/mol. The first-order valence-electron chi connectivity index (χ1n) is 11.8. The Hall–Kier alpha value is -1.97. The van der Waals surface area contributed by atoms with Crippen LogP contribution in [0.15, 0.2) is 41.8 Å². The molecule has 2 saturated heterocycles. The molecule has 34 heavy (non-hydrogen) atoms. The van der Waals surface area contributed by atoms with Crippen molar-refractivity contribution in [1.29, 1.82) is 0 Å². The van der Waals surface area contributed by atoms with E-state index < -0.39 is 18.1 Å². The molecule has 5 atom stereocenters. The molecule has 3 amide bonds. The van der Waals surface area contributed by atoms with Crippen LogP contribution >= 0.6 is 23.5 Å². The van der Waals surface area contributed by atoms with Crippen LogP contribution in [0.25, 0.3) is 0 Å². The first kappa shape index (κ1) is 25.1. The average Bonchev–Trinajstić information content (AvgIpc) is 3.00. The summed E-state index contributed by atoms with van der Waals surface area (Å²) in [5, 5.41) is 8.98. The van der Waals surface area contributed by atoms with E-state index in [0.29, 0.717) is 6.42 Å². The number of thioether (sulfide) groups is 2. The highest BCUT2D eigenvalue weighted by Gasteiger charge is 2.54. The van der Waals surface area contributed by atoms with Crippen molar-refractivity contribution in [1.82, 2.24) is 20.9 Å². The molecule has 3 aliphatic rings. The average molecular weight is 503 g/mol. The molecule has 0 radical (unpaired) electrons. The molecule has 3 aliphatic heterocycles. The Bertz CT molecular complexity index is 969. The minimum absolute atomic E-state index is 0.0611. The summed E-state index contributed by atoms with van der Waals surface area (Å²) in [7, 11) is 1.68. The molecular formula is C25H34N4O3S2. The molecule has 0 saturated carbocycles. The molecule has 0 aromatic heterocycles. The fourth-order valence-corrected chi connectivity index (χ4v) is 7.91. The van der Waals surface area contributed by atoms with E-state index in [1.807, 2.05) is 23.9 Å². The van der Waals surface area contributed by atoms with Gasteiger partial charge in [0.2, 0.25) is 17.7 Å². The van der Waals surface area contributed by atoms with Gasteiger partial charge in [0.05, 0.1) is 11.4 Å². The van der Waals surface area contributed by atoms with Crippen molar-refractivity contribution in [3.05, 3.63) is 42.5 Å². The molecule has 0 spiro atoms. The van der Waals surface area contributed by atoms with Gasteiger partial charge in [-0.2, -0.15) is 0 Å². The molecule has 184 valence electrons. The van der Waals surface area contributed by atoms with Gasteiger partial charge in [-0.3, -0.25) is 14.4 Å². The number of carbonyl (C=O) groups is 3. The van der Waals surface area contributed by atoms with Gasteiger partial charge in [-0.1, -0.05) is 38.1 Å². The van der Waals surface area contributed by atoms with Crippen LogP contribution in [0.1, 0.15) is 44.7 Å². The van der Waals surface area contributed by atoms with Gasteiger partial charge in [-0.05, 0) is 49.1 Å². The molecule has 0 bridgehead atoms. The maximum absolute atomic E-state index is 13.7. The number of hydrogen-bond donors (Lipinski definition) is 3. The first-order chi connectivity index (χ1) is 16.3. The van der Waals surface area contributed by atoms with Gasteiger partial charge in [0.25, 0.3) is 0 Å². The molecular weight excluding hydrogens is 468 g/mol. The van der Waals surface area contributed by atoms with E-state index in [4.69, 9.17) is 0 Å². The second-order valence-corrected chi connectivity index (χ2v) is 12.2. The Morgan fingerprint density at radius 3 is 2.65 bits per heavy atom. The van der Waals surface area contributed by atoms with E-state index in [1.165, 1.54) is 11.0 Å². The summed E-state index contributed by atoms with van der Waals surface area (Å²) in [5.41, 5.74) is 0.768. The Labute approximate surface area is 210 Å². The zero-order valence-electron chi connectivity index (χ0n) is 20.0. The van der Waals surface area contributed by atoms with Gasteiger partial charge in [0.15, 0.2) is 0 Å². The summed E-state index contributed by atoms with van der Waals surface area (Å²) >= 11 is 3.52. The van der Waals surface area contributed by atoms with Gasteiger partial charge in [-0.15, -0.1) is 30.1 Å². The third-order valence-corrected chi connectivity index (χ3v) is 9.34. The number of likely N-dealkylation sites (N-methyl/N-ethyl adjacent to an activating group) is 1. The van der Waals surface area contributed by atoms with E-state index >= 15 is 0 Å². The Balaban J connectivity index is 1.56. The summed E-state index contributed by atoms with van der Waals surface area (Å²) in [4.78, 5) is 43.1. The number of rotatable bonds is 6. The number of hydrogen-bond acceptors (Lipinski definition) is 6. The van der Waals surface area contributed by atoms with Crippen LogP contribution in [0.2, 0.25) is 0 Å². The van der Waals surface area contributed by atoms with Crippen molar-refractivity contribution in [3.63, 3.8) is 0 Å². The Morgan fingerprint density at radius 1 is 1.18 bits per heavy atom. The molecule has 2 fully saturated rings. The third-order valence-electron chi connectivity index (χ3n) is 6.97. The molecule has 4 rings (SSSR count). The zero-order chi connectivity index (χ0) is 24.5. The lowest BCUT2D eigenvalue weighted by Crippen LogP contribution is -2.58. The molecule has 3 heterocycles. The Kier molecular flexibility index (Phi) is 7.64. The van der Waals surface area contributed by atoms with Crippen LogP contribution in [-0.4, -0.2) is 64.7 Å². The third kappa shape index (κ3) is 4.88. The summed E-state index contributed by atoms with van der Waals surface area (Å²) < 4.78 is 0. The SMILES string of the molecule is C=C[C@H](NC)C(=O)N[C@H]1CCSC2CC(C)(C)[C@@H](C(=O)N[C@@H]3CCSc4ccccc43)N2C1=O. The van der Waals surface area contributed by atoms with Crippen LogP contribution in [0.4, 0.5) is 0 Å². The predicted octanol–water partition coefficient (Wildman–Crippen LogP) is 2.69. The van der Waals surface area contributed by atoms with E-state index in [9.17, 15) is 14.4 Å². The highest BCUT2D eigenvalue weighted by Crippen LogP contribution is 2.46. The minimum atomic E-state index is -0.656. The number of carbonyl (C=O) groups excluding carboxylic acids is 3. The molecule has 7 nitrogen and oxygen atoms in total. The van der Waals surface area contributed by atoms with Crippen molar-refractivity contribution in [2.75, 3.05) is 18.6 Å². The second-order valence-electron chi connectivity index (χ2n) is 9.75. The summed E-state index contributed by atoms with van der Waals surface area (Å²) in [5.74, 6) is 1.12. The van der Waals surface area contributed by atoms with Crippen molar-refractivity contribution < 1.29 is 14.4 Å². The molecule has 3 N–H and O–H groups in total. The smallest absolute Gasteiger partial charge is 0.246 e. The van der Waals surface area contributed by atoms with Gasteiger partial charge < -0.3 is 20.9 Å². The molecule has 0 aliphatic carbocycles. The lowest BCUT2D eigenvalue weighted by molar-refractivity contribution is -0.144. The fraction of sp³-hybridized carbons (Fsp3) is 0.560. The Morgan fingerprint density at radius 2 is 1.91 bits per heavy atom. The molecule has 1 unspecified atom stereocenters. The number of benzene rings is 1. The fourth-order valence-electron chi connectivity index (χ4n) is 5.21. The normalized spacial score (nSPS) is 28.8. The molecule has 1 aromatic carbocycles. The van der Waals surface area contributed by atoms with Crippen molar-refractivity contribution in [3.8, 4) is 0 Å². The van der Waals surface area contributed by atoms with Gasteiger partial charge >= 0.3 is 0 Å². The van der Waals surface area contributed by atoms with Crippen LogP contribution in [0.5, 0.6) is 0 Å². The van der Waals surface area contributed by atoms with Crippen LogP contribution in [0, 0.1) is 5.41 Å². The molecule has 9 heteroatoms. The van der Waals surface area contributed by atoms with Crippen LogP contribution in [-0.2, 0) is 14.4 Å². The minimum Gasteiger partial charge on any atom is -0.347 e. The van der Waals surface area contributed by atoms with E-state index in [0.717, 1.165) is 29.9 Å². The van der Waals surface area contributed by atoms with Crippen LogP contribution in [0.3, 0.4) is 0 Å². The highest BCUT2D eigenvalue weighted by molar-refractivity contribution is 8.00. The second kappa shape index (κ2) is 10.3. The summed E-state index contributed by atoms with van der Waals surface area (Å²) in [6.45, 7) is 7.81. The van der Waals surface area contributed by atoms with E-state index in [1.54, 1.807) is 23.7 Å². The number of amides is 3. The quantitative estimate of drug-likeness (QED) is 0.518. The number of nitrogens with zero attached hydrogens (tertiary/aromatic N) is 1. The first-order valence-corrected chi connectivity index (χ1v) is 13.9. The topological polar surface area (TPSA) is 90.5 Å². The van der Waals surface area contributed by atoms with Gasteiger partial charge in [-0.25, -0.2) is 0 Å². The lowest BCUT2D eigenvalue weighted by Gasteiger charge is -2.36. The van der Waals surface area contributed by atoms with Crippen LogP contribution < -0.4 is 16.0 Å². The number of fused-ring (bicyclic) bond motifs is 2. The molecule has 1 aromatic rings. The summed E-state index contributed by atoms with van der Waals surface area (Å²) in [6, 6.07) is 6.32. The standard InChI is InChI=1S/C25H34N4O3S2/c1-5-16(26-4)22(30)28-18-11-13-34-20-14-25(2,3)21(29(20)24(18)32)23(31)27-17-10-12-33-19-9-7-6-8-15(17)19/h5-9,16-18,20-21,26H,1,10-14H2,2-4H3,(H,27,31)(H,28,30)/t16-,17+,18-,20?,21+/m0/s1. The van der Waals surface area contributed by atoms with Gasteiger partial charge in [0.1, 0.15) is 18.1 Å². The van der Waals surface area contributed by atoms with Gasteiger partial charge in [0, 0.05) is 10.6 Å². The van der Waals surface area contributed by atoms with E-state index in [2.05, 4.69) is 48.5 Å². The van der Waals surface area contributed by atoms with Crippen molar-refractivity contribution in [2.45, 2.75) is 67.5 Å². The van der Waals surface area contributed by atoms with Crippen molar-refractivity contribution >= 4 is 41.2 Å². The van der Waals surface area contributed by atoms with Crippen molar-refractivity contribution in [2.24, 2.45) is 5.41 Å². The zero-order valence-corrected chi connectivity index (χ0v) is 21.6. The highest BCUT2D eigenvalue weighted by atomic mass is 32.2. The number of nitrogens with one attached hydrogen (secondary N) is 3. The maximum Gasteiger partial charge on any atom is 0.246 e. The summed E-state index contributed by atoms with van der Waals surface area (Å²) in [6.07, 6.45) is 3.66. The lowest BCUT2D eigenvalue weighted by atomic mass is 9.83. The largest absolute Gasteiger partial charge is 0.347 e. The maximum atomic E-state index is 13.7.